The molecule has 5 atom stereocenters. The summed E-state index contributed by atoms with van der Waals surface area (Å²) in [6.07, 6.45) is 4.61. The number of rotatable bonds is 17. The van der Waals surface area contributed by atoms with Crippen LogP contribution in [0.4, 0.5) is 0 Å². The van der Waals surface area contributed by atoms with Gasteiger partial charge in [-0.25, -0.2) is 0 Å². The van der Waals surface area contributed by atoms with Gasteiger partial charge in [-0.15, -0.1) is 0 Å². The van der Waals surface area contributed by atoms with Crippen LogP contribution < -0.4 is 22.9 Å². The van der Waals surface area contributed by atoms with Crippen LogP contribution in [0.1, 0.15) is 147 Å². The first-order valence-corrected chi connectivity index (χ1v) is 13.5. The third-order valence-corrected chi connectivity index (χ3v) is 4.76. The summed E-state index contributed by atoms with van der Waals surface area (Å²) in [6.45, 7) is 24.3. The topological polar surface area (TPSA) is 132 Å². The van der Waals surface area contributed by atoms with Gasteiger partial charge in [-0.1, -0.05) is 99.9 Å². The molecule has 0 aromatic heterocycles. The summed E-state index contributed by atoms with van der Waals surface area (Å²) in [7, 11) is 0. The number of hydrogen-bond acceptors (Lipinski definition) is 7. The van der Waals surface area contributed by atoms with E-state index < -0.39 is 0 Å². The minimum atomic E-state index is -0.182. The highest BCUT2D eigenvalue weighted by Crippen LogP contribution is 2.24. The van der Waals surface area contributed by atoms with Gasteiger partial charge in [0.2, 0.25) is 0 Å². The van der Waals surface area contributed by atoms with Crippen molar-refractivity contribution in [3.05, 3.63) is 0 Å². The predicted molar refractivity (Wildman–Crippen MR) is 196 cm³/mol. The lowest BCUT2D eigenvalue weighted by Crippen LogP contribution is -2.40. The van der Waals surface area contributed by atoms with Crippen molar-refractivity contribution < 1.29 is 14.2 Å². The Labute approximate surface area is 265 Å². The zero-order valence-electron chi connectivity index (χ0n) is 24.6. The smallest absolute Gasteiger partial charge is 0.0615 e. The van der Waals surface area contributed by atoms with Gasteiger partial charge in [0, 0.05) is 29.6 Å². The van der Waals surface area contributed by atoms with Crippen molar-refractivity contribution >= 4 is 0 Å². The van der Waals surface area contributed by atoms with Crippen LogP contribution in [-0.4, -0.2) is 63.8 Å². The molecule has 7 nitrogen and oxygen atoms in total. The average molecular weight is 605 g/mol. The zero-order chi connectivity index (χ0) is 27.2. The molecule has 0 amide bonds. The van der Waals surface area contributed by atoms with Crippen molar-refractivity contribution in [1.82, 2.24) is 0 Å². The van der Waals surface area contributed by atoms with Gasteiger partial charge in [-0.05, 0) is 58.8 Å². The van der Waals surface area contributed by atoms with Gasteiger partial charge in [0.1, 0.15) is 0 Å². The van der Waals surface area contributed by atoms with Gasteiger partial charge in [0.05, 0.1) is 39.6 Å². The minimum absolute atomic E-state index is 0. The van der Waals surface area contributed by atoms with E-state index in [4.69, 9.17) is 37.1 Å². The Kier molecular flexibility index (Phi) is 73.3. The van der Waals surface area contributed by atoms with E-state index in [2.05, 4.69) is 48.5 Å². The Morgan fingerprint density at radius 1 is 0.488 bits per heavy atom. The molecule has 0 heterocycles. The fourth-order valence-corrected chi connectivity index (χ4v) is 3.35. The summed E-state index contributed by atoms with van der Waals surface area (Å²) in [6, 6.07) is 0.437. The van der Waals surface area contributed by atoms with Gasteiger partial charge in [-0.2, -0.15) is 0 Å². The number of hydrogen-bond donors (Lipinski definition) is 4. The van der Waals surface area contributed by atoms with Gasteiger partial charge < -0.3 is 37.1 Å². The lowest BCUT2D eigenvalue weighted by molar-refractivity contribution is -0.0750. The van der Waals surface area contributed by atoms with E-state index in [1.807, 2.05) is 20.8 Å². The molecule has 0 spiro atoms. The number of nitrogens with two attached hydrogens (primary N) is 4. The lowest BCUT2D eigenvalue weighted by atomic mass is 9.88. The third kappa shape index (κ3) is 56.2. The van der Waals surface area contributed by atoms with E-state index in [0.717, 1.165) is 24.7 Å². The summed E-state index contributed by atoms with van der Waals surface area (Å²) < 4.78 is 17.2. The van der Waals surface area contributed by atoms with Crippen molar-refractivity contribution in [3.63, 3.8) is 0 Å². The first-order valence-electron chi connectivity index (χ1n) is 13.5. The Hall–Kier alpha value is -0.280. The molecule has 0 aliphatic rings. The Morgan fingerprint density at radius 2 is 0.756 bits per heavy atom. The predicted octanol–water partition coefficient (Wildman–Crippen LogP) is 8.75. The van der Waals surface area contributed by atoms with Crippen molar-refractivity contribution in [1.29, 1.82) is 0 Å². The highest BCUT2D eigenvalue weighted by atomic mass is 16.5. The molecule has 0 radical (unpaired) electrons. The largest absolute Gasteiger partial charge is 0.379 e. The highest BCUT2D eigenvalue weighted by Gasteiger charge is 2.30. The molecule has 0 rings (SSSR count). The van der Waals surface area contributed by atoms with E-state index >= 15 is 0 Å². The summed E-state index contributed by atoms with van der Waals surface area (Å²) in [5.74, 6) is 1.61. The van der Waals surface area contributed by atoms with Gasteiger partial charge in [0.25, 0.3) is 0 Å². The molecule has 0 fully saturated rings. The average Bonchev–Trinajstić information content (AvgIpc) is 2.66. The summed E-state index contributed by atoms with van der Waals surface area (Å²) in [5, 5.41) is 0. The molecule has 0 aliphatic heterocycles. The zero-order valence-corrected chi connectivity index (χ0v) is 24.6. The van der Waals surface area contributed by atoms with Crippen molar-refractivity contribution in [2.45, 2.75) is 171 Å². The Balaban J connectivity index is -0.0000000520. The molecule has 0 saturated carbocycles. The van der Waals surface area contributed by atoms with E-state index in [9.17, 15) is 0 Å². The standard InChI is InChI=1S/C15H35N3O3.C9H21N.C3H8.7CH4/c1-5-15(9-19-6-12(2)16,10-20-7-13(3)17)11-21-8-14(4)18;1-7(2)5-8(3)6-9(4)10;1-3-2;;;;;;;/h12-14H,5-11,16-18H2,1-4H3;7-9H,5-6,10H2,1-4H3;3H2,1-2H3;7*1H4. The van der Waals surface area contributed by atoms with Crippen molar-refractivity contribution in [2.24, 2.45) is 40.2 Å². The Morgan fingerprint density at radius 3 is 0.927 bits per heavy atom. The fraction of sp³-hybridized carbons (Fsp3) is 1.00. The van der Waals surface area contributed by atoms with E-state index in [0.29, 0.717) is 45.7 Å². The third-order valence-electron chi connectivity index (χ3n) is 4.76. The molecule has 7 heteroatoms. The van der Waals surface area contributed by atoms with Crippen LogP contribution in [0.15, 0.2) is 0 Å². The van der Waals surface area contributed by atoms with E-state index in [1.54, 1.807) is 0 Å². The second-order valence-corrected chi connectivity index (χ2v) is 11.0. The normalized spacial score (nSPS) is 14.4. The second-order valence-electron chi connectivity index (χ2n) is 11.0. The van der Waals surface area contributed by atoms with Crippen molar-refractivity contribution in [3.8, 4) is 0 Å². The first kappa shape index (κ1) is 68.1. The van der Waals surface area contributed by atoms with Gasteiger partial charge in [0.15, 0.2) is 0 Å². The molecule has 0 bridgehead atoms. The Bertz CT molecular complexity index is 361. The molecular weight excluding hydrogens is 512 g/mol. The monoisotopic (exact) mass is 605 g/mol. The summed E-state index contributed by atoms with van der Waals surface area (Å²) in [5.41, 5.74) is 22.7. The molecule has 41 heavy (non-hydrogen) atoms. The van der Waals surface area contributed by atoms with Gasteiger partial charge in [-0.3, -0.25) is 0 Å². The highest BCUT2D eigenvalue weighted by molar-refractivity contribution is 4.78. The van der Waals surface area contributed by atoms with Gasteiger partial charge >= 0.3 is 0 Å². The number of ether oxygens (including phenoxy) is 3. The first-order chi connectivity index (χ1) is 15.7. The van der Waals surface area contributed by atoms with Crippen LogP contribution in [0, 0.1) is 17.3 Å². The summed E-state index contributed by atoms with van der Waals surface area (Å²) >= 11 is 0. The molecule has 0 saturated heterocycles. The molecule has 5 unspecified atom stereocenters. The SMILES string of the molecule is C.C.C.C.C.C.C.CC(C)CC(C)CC(C)N.CCC.CCC(COCC(C)N)(COCC(C)N)COCC(C)N. The van der Waals surface area contributed by atoms with E-state index in [-0.39, 0.29) is 75.5 Å². The fourth-order valence-electron chi connectivity index (χ4n) is 3.35. The lowest BCUT2D eigenvalue weighted by Gasteiger charge is -2.33. The van der Waals surface area contributed by atoms with Crippen LogP contribution in [-0.2, 0) is 14.2 Å². The maximum absolute atomic E-state index is 5.72. The minimum Gasteiger partial charge on any atom is -0.379 e. The van der Waals surface area contributed by atoms with Crippen LogP contribution in [0.2, 0.25) is 0 Å². The molecular formula is C34H92N4O3. The molecule has 0 aliphatic carbocycles. The quantitative estimate of drug-likeness (QED) is 0.130. The van der Waals surface area contributed by atoms with E-state index in [1.165, 1.54) is 12.8 Å². The molecule has 8 N–H and O–H groups in total. The van der Waals surface area contributed by atoms with Crippen LogP contribution >= 0.6 is 0 Å². The maximum Gasteiger partial charge on any atom is 0.0615 e. The van der Waals surface area contributed by atoms with Crippen molar-refractivity contribution in [2.75, 3.05) is 39.6 Å². The maximum atomic E-state index is 5.72. The van der Waals surface area contributed by atoms with Crippen LogP contribution in [0.25, 0.3) is 0 Å². The van der Waals surface area contributed by atoms with Crippen LogP contribution in [0.5, 0.6) is 0 Å². The molecule has 0 aromatic carbocycles. The molecule has 0 aromatic rings. The second kappa shape index (κ2) is 44.2. The molecule has 266 valence electrons. The summed E-state index contributed by atoms with van der Waals surface area (Å²) in [4.78, 5) is 0. The van der Waals surface area contributed by atoms with Crippen LogP contribution in [0.3, 0.4) is 0 Å².